The van der Waals surface area contributed by atoms with Crippen LogP contribution in [0, 0.1) is 0 Å². The van der Waals surface area contributed by atoms with E-state index in [-0.39, 0.29) is 25.0 Å². The number of benzene rings is 1. The summed E-state index contributed by atoms with van der Waals surface area (Å²) >= 11 is 6.04. The molecule has 1 unspecified atom stereocenters. The normalized spacial score (nSPS) is 11.7. The van der Waals surface area contributed by atoms with E-state index in [1.807, 2.05) is 25.1 Å². The molecule has 104 valence electrons. The van der Waals surface area contributed by atoms with E-state index in [1.54, 1.807) is 13.1 Å². The van der Waals surface area contributed by atoms with Crippen LogP contribution in [0.3, 0.4) is 0 Å². The van der Waals surface area contributed by atoms with E-state index in [1.165, 1.54) is 4.90 Å². The lowest BCUT2D eigenvalue weighted by Gasteiger charge is -2.21. The van der Waals surface area contributed by atoms with Gasteiger partial charge >= 0.3 is 12.0 Å². The number of nitrogens with zero attached hydrogens (tertiary/aromatic N) is 1. The van der Waals surface area contributed by atoms with Crippen molar-refractivity contribution >= 4 is 23.6 Å². The Morgan fingerprint density at radius 1 is 1.42 bits per heavy atom. The molecule has 1 atom stereocenters. The Kier molecular flexibility index (Phi) is 5.63. The molecule has 0 fully saturated rings. The molecule has 2 amide bonds. The summed E-state index contributed by atoms with van der Waals surface area (Å²) in [4.78, 5) is 23.6. The van der Waals surface area contributed by atoms with Crippen molar-refractivity contribution in [2.75, 3.05) is 13.6 Å². The molecule has 6 heteroatoms. The fourth-order valence-corrected chi connectivity index (χ4v) is 1.86. The summed E-state index contributed by atoms with van der Waals surface area (Å²) in [5.74, 6) is -0.932. The highest BCUT2D eigenvalue weighted by Crippen LogP contribution is 2.22. The number of amides is 2. The van der Waals surface area contributed by atoms with Crippen molar-refractivity contribution in [1.29, 1.82) is 0 Å². The average Bonchev–Trinajstić information content (AvgIpc) is 2.36. The number of nitrogens with one attached hydrogen (secondary N) is 1. The molecule has 0 saturated carbocycles. The summed E-state index contributed by atoms with van der Waals surface area (Å²) in [6.07, 6.45) is -0.0790. The third-order valence-electron chi connectivity index (χ3n) is 2.72. The van der Waals surface area contributed by atoms with Crippen LogP contribution in [0.15, 0.2) is 24.3 Å². The molecule has 0 aromatic heterocycles. The molecular weight excluding hydrogens is 268 g/mol. The maximum absolute atomic E-state index is 11.8. The van der Waals surface area contributed by atoms with Crippen LogP contribution >= 0.6 is 11.6 Å². The van der Waals surface area contributed by atoms with Gasteiger partial charge in [-0.05, 0) is 18.6 Å². The zero-order valence-electron chi connectivity index (χ0n) is 10.9. The molecule has 1 aromatic rings. The van der Waals surface area contributed by atoms with E-state index < -0.39 is 5.97 Å². The van der Waals surface area contributed by atoms with E-state index >= 15 is 0 Å². The smallest absolute Gasteiger partial charge is 0.317 e. The summed E-state index contributed by atoms with van der Waals surface area (Å²) in [6.45, 7) is 1.99. The van der Waals surface area contributed by atoms with E-state index in [4.69, 9.17) is 16.7 Å². The van der Waals surface area contributed by atoms with Gasteiger partial charge in [-0.25, -0.2) is 4.79 Å². The van der Waals surface area contributed by atoms with Crippen LogP contribution in [0.2, 0.25) is 5.02 Å². The van der Waals surface area contributed by atoms with Gasteiger partial charge in [0.25, 0.3) is 0 Å². The van der Waals surface area contributed by atoms with E-state index in [0.29, 0.717) is 5.02 Å². The maximum Gasteiger partial charge on any atom is 0.317 e. The Morgan fingerprint density at radius 2 is 2.05 bits per heavy atom. The Labute approximate surface area is 117 Å². The second kappa shape index (κ2) is 6.99. The van der Waals surface area contributed by atoms with Gasteiger partial charge in [-0.3, -0.25) is 4.79 Å². The van der Waals surface area contributed by atoms with Crippen LogP contribution in [0.4, 0.5) is 4.79 Å². The topological polar surface area (TPSA) is 69.6 Å². The summed E-state index contributed by atoms with van der Waals surface area (Å²) in [6, 6.07) is 6.69. The van der Waals surface area contributed by atoms with Crippen molar-refractivity contribution in [1.82, 2.24) is 10.2 Å². The first kappa shape index (κ1) is 15.3. The second-order valence-electron chi connectivity index (χ2n) is 4.26. The van der Waals surface area contributed by atoms with Gasteiger partial charge in [-0.15, -0.1) is 0 Å². The quantitative estimate of drug-likeness (QED) is 0.873. The lowest BCUT2D eigenvalue weighted by atomic mass is 10.1. The zero-order valence-corrected chi connectivity index (χ0v) is 11.6. The molecule has 0 saturated heterocycles. The molecular formula is C13H17ClN2O3. The largest absolute Gasteiger partial charge is 0.481 e. The summed E-state index contributed by atoms with van der Waals surface area (Å²) in [7, 11) is 1.55. The molecule has 5 nitrogen and oxygen atoms in total. The number of rotatable bonds is 5. The van der Waals surface area contributed by atoms with Gasteiger partial charge in [0.2, 0.25) is 0 Å². The van der Waals surface area contributed by atoms with Gasteiger partial charge in [0.15, 0.2) is 0 Å². The van der Waals surface area contributed by atoms with Crippen LogP contribution in [0.5, 0.6) is 0 Å². The number of carboxylic acid groups (broad SMARTS) is 1. The average molecular weight is 285 g/mol. The first-order chi connectivity index (χ1) is 8.91. The molecule has 19 heavy (non-hydrogen) atoms. The maximum atomic E-state index is 11.8. The minimum Gasteiger partial charge on any atom is -0.481 e. The lowest BCUT2D eigenvalue weighted by molar-refractivity contribution is -0.137. The van der Waals surface area contributed by atoms with Crippen LogP contribution in [-0.2, 0) is 4.79 Å². The van der Waals surface area contributed by atoms with E-state index in [9.17, 15) is 9.59 Å². The fraction of sp³-hybridized carbons (Fsp3) is 0.385. The highest BCUT2D eigenvalue weighted by molar-refractivity contribution is 6.31. The first-order valence-corrected chi connectivity index (χ1v) is 6.27. The van der Waals surface area contributed by atoms with Crippen LogP contribution < -0.4 is 5.32 Å². The number of carboxylic acids is 1. The highest BCUT2D eigenvalue weighted by Gasteiger charge is 2.15. The Hall–Kier alpha value is -1.75. The molecule has 0 aliphatic heterocycles. The number of urea groups is 1. The van der Waals surface area contributed by atoms with Crippen LogP contribution in [-0.4, -0.2) is 35.6 Å². The van der Waals surface area contributed by atoms with Gasteiger partial charge in [-0.1, -0.05) is 29.8 Å². The monoisotopic (exact) mass is 284 g/mol. The van der Waals surface area contributed by atoms with Crippen molar-refractivity contribution in [3.63, 3.8) is 0 Å². The summed E-state index contributed by atoms with van der Waals surface area (Å²) in [5, 5.41) is 11.9. The van der Waals surface area contributed by atoms with Crippen LogP contribution in [0.1, 0.15) is 24.9 Å². The number of carbonyl (C=O) groups excluding carboxylic acids is 1. The number of carbonyl (C=O) groups is 2. The van der Waals surface area contributed by atoms with E-state index in [2.05, 4.69) is 5.32 Å². The molecule has 2 N–H and O–H groups in total. The summed E-state index contributed by atoms with van der Waals surface area (Å²) < 4.78 is 0. The molecule has 0 heterocycles. The second-order valence-corrected chi connectivity index (χ2v) is 4.67. The number of halogens is 1. The Bertz CT molecular complexity index is 465. The predicted molar refractivity (Wildman–Crippen MR) is 73.3 cm³/mol. The molecule has 0 spiro atoms. The van der Waals surface area contributed by atoms with Gasteiger partial charge in [-0.2, -0.15) is 0 Å². The third-order valence-corrected chi connectivity index (χ3v) is 3.06. The van der Waals surface area contributed by atoms with Gasteiger partial charge in [0.1, 0.15) is 0 Å². The minimum absolute atomic E-state index is 0.0790. The first-order valence-electron chi connectivity index (χ1n) is 5.89. The number of aliphatic carboxylic acids is 1. The molecule has 0 aliphatic rings. The summed E-state index contributed by atoms with van der Waals surface area (Å²) in [5.41, 5.74) is 0.823. The fourth-order valence-electron chi connectivity index (χ4n) is 1.56. The molecule has 0 aliphatic carbocycles. The van der Waals surface area contributed by atoms with Gasteiger partial charge in [0.05, 0.1) is 12.5 Å². The Morgan fingerprint density at radius 3 is 2.63 bits per heavy atom. The predicted octanol–water partition coefficient (Wildman–Crippen LogP) is 2.52. The standard InChI is InChI=1S/C13H17ClN2O3/c1-9(10-5-3-4-6-11(10)14)15-13(19)16(2)8-7-12(17)18/h3-6,9H,7-8H2,1-2H3,(H,15,19)(H,17,18). The lowest BCUT2D eigenvalue weighted by Crippen LogP contribution is -2.39. The van der Waals surface area contributed by atoms with Crippen molar-refractivity contribution in [3.05, 3.63) is 34.9 Å². The van der Waals surface area contributed by atoms with Crippen molar-refractivity contribution in [3.8, 4) is 0 Å². The third kappa shape index (κ3) is 4.79. The molecule has 1 rings (SSSR count). The molecule has 1 aromatic carbocycles. The SMILES string of the molecule is CC(NC(=O)N(C)CCC(=O)O)c1ccccc1Cl. The van der Waals surface area contributed by atoms with E-state index in [0.717, 1.165) is 5.56 Å². The van der Waals surface area contributed by atoms with Crippen molar-refractivity contribution in [2.45, 2.75) is 19.4 Å². The van der Waals surface area contributed by atoms with Crippen LogP contribution in [0.25, 0.3) is 0 Å². The number of hydrogen-bond donors (Lipinski definition) is 2. The minimum atomic E-state index is -0.932. The Balaban J connectivity index is 2.57. The van der Waals surface area contributed by atoms with Gasteiger partial charge < -0.3 is 15.3 Å². The van der Waals surface area contributed by atoms with Crippen molar-refractivity contribution < 1.29 is 14.7 Å². The number of hydrogen-bond acceptors (Lipinski definition) is 2. The van der Waals surface area contributed by atoms with Gasteiger partial charge in [0, 0.05) is 18.6 Å². The van der Waals surface area contributed by atoms with Crippen molar-refractivity contribution in [2.24, 2.45) is 0 Å². The molecule has 0 radical (unpaired) electrons. The molecule has 0 bridgehead atoms. The zero-order chi connectivity index (χ0) is 14.4. The highest BCUT2D eigenvalue weighted by atomic mass is 35.5.